The maximum atomic E-state index is 4.44. The van der Waals surface area contributed by atoms with Crippen LogP contribution in [0, 0.1) is 6.92 Å². The first kappa shape index (κ1) is 13.6. The Morgan fingerprint density at radius 1 is 1.50 bits per heavy atom. The van der Waals surface area contributed by atoms with Crippen molar-refractivity contribution >= 4 is 0 Å². The Balaban J connectivity index is 2.12. The van der Waals surface area contributed by atoms with Gasteiger partial charge in [-0.15, -0.1) is 0 Å². The van der Waals surface area contributed by atoms with Crippen LogP contribution in [-0.2, 0) is 13.6 Å². The molecule has 1 fully saturated rings. The molecule has 102 valence electrons. The minimum Gasteiger partial charge on any atom is -0.310 e. The molecule has 1 saturated heterocycles. The van der Waals surface area contributed by atoms with Crippen LogP contribution in [-0.4, -0.2) is 39.4 Å². The van der Waals surface area contributed by atoms with Crippen LogP contribution in [0.15, 0.2) is 6.07 Å². The zero-order valence-corrected chi connectivity index (χ0v) is 12.3. The number of aryl methyl sites for hydroxylation is 2. The van der Waals surface area contributed by atoms with E-state index in [9.17, 15) is 0 Å². The fourth-order valence-electron chi connectivity index (χ4n) is 2.75. The van der Waals surface area contributed by atoms with Crippen LogP contribution in [0.4, 0.5) is 0 Å². The summed E-state index contributed by atoms with van der Waals surface area (Å²) in [4.78, 5) is 2.57. The van der Waals surface area contributed by atoms with Crippen molar-refractivity contribution in [3.8, 4) is 0 Å². The van der Waals surface area contributed by atoms with Crippen LogP contribution in [0.25, 0.3) is 0 Å². The van der Waals surface area contributed by atoms with E-state index in [0.29, 0.717) is 6.04 Å². The molecule has 1 aliphatic heterocycles. The Morgan fingerprint density at radius 3 is 2.83 bits per heavy atom. The molecule has 2 heterocycles. The summed E-state index contributed by atoms with van der Waals surface area (Å²) in [6, 6.07) is 2.81. The molecular weight excluding hydrogens is 224 g/mol. The molecule has 1 atom stereocenters. The molecule has 1 aromatic heterocycles. The molecule has 1 aliphatic rings. The van der Waals surface area contributed by atoms with Gasteiger partial charge in [-0.1, -0.05) is 0 Å². The van der Waals surface area contributed by atoms with Gasteiger partial charge in [0, 0.05) is 31.7 Å². The third-order valence-corrected chi connectivity index (χ3v) is 3.85. The topological polar surface area (TPSA) is 33.1 Å². The predicted molar refractivity (Wildman–Crippen MR) is 74.5 cm³/mol. The normalized spacial score (nSPS) is 25.1. The SMILES string of the molecule is Cc1cc(CN2CC(C)(C)NCCC2C)n(C)n1. The lowest BCUT2D eigenvalue weighted by Crippen LogP contribution is -2.47. The van der Waals surface area contributed by atoms with Crippen LogP contribution < -0.4 is 5.32 Å². The number of aromatic nitrogens is 2. The van der Waals surface area contributed by atoms with Crippen molar-refractivity contribution in [2.24, 2.45) is 7.05 Å². The molecule has 0 radical (unpaired) electrons. The van der Waals surface area contributed by atoms with Gasteiger partial charge in [0.05, 0.1) is 11.4 Å². The molecule has 2 rings (SSSR count). The maximum Gasteiger partial charge on any atom is 0.0597 e. The first-order chi connectivity index (χ1) is 8.37. The van der Waals surface area contributed by atoms with E-state index in [1.165, 1.54) is 12.1 Å². The van der Waals surface area contributed by atoms with E-state index in [2.05, 4.69) is 49.1 Å². The van der Waals surface area contributed by atoms with Gasteiger partial charge in [-0.05, 0) is 46.7 Å². The molecule has 0 amide bonds. The zero-order chi connectivity index (χ0) is 13.3. The van der Waals surface area contributed by atoms with Crippen molar-refractivity contribution < 1.29 is 0 Å². The summed E-state index contributed by atoms with van der Waals surface area (Å²) in [6.45, 7) is 12.1. The molecule has 18 heavy (non-hydrogen) atoms. The van der Waals surface area contributed by atoms with Crippen LogP contribution in [0.1, 0.15) is 38.6 Å². The van der Waals surface area contributed by atoms with Crippen LogP contribution in [0.2, 0.25) is 0 Å². The molecule has 0 aromatic carbocycles. The van der Waals surface area contributed by atoms with Crippen molar-refractivity contribution in [1.29, 1.82) is 0 Å². The van der Waals surface area contributed by atoms with Crippen LogP contribution >= 0.6 is 0 Å². The molecule has 0 saturated carbocycles. The third kappa shape index (κ3) is 3.12. The molecule has 4 nitrogen and oxygen atoms in total. The number of nitrogens with zero attached hydrogens (tertiary/aromatic N) is 3. The molecule has 0 bridgehead atoms. The Bertz CT molecular complexity index is 408. The summed E-state index contributed by atoms with van der Waals surface area (Å²) in [7, 11) is 2.04. The highest BCUT2D eigenvalue weighted by Gasteiger charge is 2.28. The van der Waals surface area contributed by atoms with E-state index < -0.39 is 0 Å². The van der Waals surface area contributed by atoms with Gasteiger partial charge < -0.3 is 5.32 Å². The second-order valence-electron chi connectivity index (χ2n) is 6.25. The standard InChI is InChI=1S/C14H26N4/c1-11-8-13(17(5)16-11)9-18-10-14(3,4)15-7-6-12(18)2/h8,12,15H,6-7,9-10H2,1-5H3. The van der Waals surface area contributed by atoms with Crippen LogP contribution in [0.3, 0.4) is 0 Å². The summed E-state index contributed by atoms with van der Waals surface area (Å²) < 4.78 is 2.01. The Hall–Kier alpha value is -0.870. The highest BCUT2D eigenvalue weighted by atomic mass is 15.3. The van der Waals surface area contributed by atoms with Crippen molar-refractivity contribution in [3.63, 3.8) is 0 Å². The van der Waals surface area contributed by atoms with Crippen molar-refractivity contribution in [1.82, 2.24) is 20.0 Å². The first-order valence-electron chi connectivity index (χ1n) is 6.86. The second kappa shape index (κ2) is 5.02. The maximum absolute atomic E-state index is 4.44. The Labute approximate surface area is 110 Å². The van der Waals surface area contributed by atoms with E-state index in [-0.39, 0.29) is 5.54 Å². The number of hydrogen-bond donors (Lipinski definition) is 1. The van der Waals surface area contributed by atoms with E-state index in [4.69, 9.17) is 0 Å². The van der Waals surface area contributed by atoms with E-state index in [0.717, 1.165) is 25.3 Å². The van der Waals surface area contributed by atoms with Crippen molar-refractivity contribution in [3.05, 3.63) is 17.5 Å². The number of hydrogen-bond acceptors (Lipinski definition) is 3. The third-order valence-electron chi connectivity index (χ3n) is 3.85. The molecule has 0 spiro atoms. The summed E-state index contributed by atoms with van der Waals surface area (Å²) in [6.07, 6.45) is 1.21. The van der Waals surface area contributed by atoms with E-state index in [1.807, 2.05) is 11.7 Å². The van der Waals surface area contributed by atoms with Gasteiger partial charge in [0.25, 0.3) is 0 Å². The summed E-state index contributed by atoms with van der Waals surface area (Å²) in [5.74, 6) is 0. The monoisotopic (exact) mass is 250 g/mol. The molecule has 4 heteroatoms. The van der Waals surface area contributed by atoms with Gasteiger partial charge >= 0.3 is 0 Å². The quantitative estimate of drug-likeness (QED) is 0.867. The average molecular weight is 250 g/mol. The van der Waals surface area contributed by atoms with Crippen LogP contribution in [0.5, 0.6) is 0 Å². The fraction of sp³-hybridized carbons (Fsp3) is 0.786. The van der Waals surface area contributed by atoms with E-state index >= 15 is 0 Å². The summed E-state index contributed by atoms with van der Waals surface area (Å²) in [5, 5.41) is 8.06. The van der Waals surface area contributed by atoms with Gasteiger partial charge in [-0.3, -0.25) is 9.58 Å². The molecule has 1 unspecified atom stereocenters. The number of rotatable bonds is 2. The van der Waals surface area contributed by atoms with Gasteiger partial charge in [0.15, 0.2) is 0 Å². The lowest BCUT2D eigenvalue weighted by molar-refractivity contribution is 0.169. The van der Waals surface area contributed by atoms with Gasteiger partial charge in [-0.2, -0.15) is 5.10 Å². The fourth-order valence-corrected chi connectivity index (χ4v) is 2.75. The lowest BCUT2D eigenvalue weighted by atomic mass is 10.1. The molecule has 0 aliphatic carbocycles. The average Bonchev–Trinajstić information content (AvgIpc) is 2.48. The van der Waals surface area contributed by atoms with Gasteiger partial charge in [-0.25, -0.2) is 0 Å². The number of nitrogens with one attached hydrogen (secondary N) is 1. The van der Waals surface area contributed by atoms with Crippen molar-refractivity contribution in [2.75, 3.05) is 13.1 Å². The molecule has 1 aromatic rings. The van der Waals surface area contributed by atoms with Crippen molar-refractivity contribution in [2.45, 2.75) is 52.2 Å². The first-order valence-corrected chi connectivity index (χ1v) is 6.86. The largest absolute Gasteiger partial charge is 0.310 e. The molecule has 1 N–H and O–H groups in total. The lowest BCUT2D eigenvalue weighted by Gasteiger charge is -2.32. The highest BCUT2D eigenvalue weighted by Crippen LogP contribution is 2.18. The summed E-state index contributed by atoms with van der Waals surface area (Å²) >= 11 is 0. The predicted octanol–water partition coefficient (Wildman–Crippen LogP) is 1.69. The molecular formula is C14H26N4. The smallest absolute Gasteiger partial charge is 0.0597 e. The Morgan fingerprint density at radius 2 is 2.22 bits per heavy atom. The van der Waals surface area contributed by atoms with Gasteiger partial charge in [0.1, 0.15) is 0 Å². The summed E-state index contributed by atoms with van der Waals surface area (Å²) in [5.41, 5.74) is 2.60. The van der Waals surface area contributed by atoms with Gasteiger partial charge in [0.2, 0.25) is 0 Å². The Kier molecular flexibility index (Phi) is 3.78. The second-order valence-corrected chi connectivity index (χ2v) is 6.25. The minimum absolute atomic E-state index is 0.193. The highest BCUT2D eigenvalue weighted by molar-refractivity contribution is 5.09. The minimum atomic E-state index is 0.193. The zero-order valence-electron chi connectivity index (χ0n) is 12.3. The van der Waals surface area contributed by atoms with E-state index in [1.54, 1.807) is 0 Å².